The van der Waals surface area contributed by atoms with Crippen molar-refractivity contribution >= 4 is 0 Å². The Morgan fingerprint density at radius 3 is 2.62 bits per heavy atom. The SMILES string of the molecule is Cc1cccc(C)c1OCc1c(CN)nnn1CCCO. The van der Waals surface area contributed by atoms with Gasteiger partial charge in [0.2, 0.25) is 0 Å². The van der Waals surface area contributed by atoms with Crippen LogP contribution in [0.5, 0.6) is 5.75 Å². The molecule has 0 amide bonds. The maximum absolute atomic E-state index is 8.95. The molecule has 0 aliphatic heterocycles. The van der Waals surface area contributed by atoms with Crippen molar-refractivity contribution in [2.75, 3.05) is 6.61 Å². The van der Waals surface area contributed by atoms with Gasteiger partial charge in [-0.2, -0.15) is 0 Å². The van der Waals surface area contributed by atoms with E-state index in [2.05, 4.69) is 10.3 Å². The fourth-order valence-electron chi connectivity index (χ4n) is 2.25. The maximum atomic E-state index is 8.95. The van der Waals surface area contributed by atoms with Crippen LogP contribution in [0.3, 0.4) is 0 Å². The van der Waals surface area contributed by atoms with E-state index in [1.54, 1.807) is 4.68 Å². The molecule has 0 saturated heterocycles. The van der Waals surface area contributed by atoms with Crippen LogP contribution in [0.1, 0.15) is 28.9 Å². The van der Waals surface area contributed by atoms with E-state index < -0.39 is 0 Å². The molecule has 0 radical (unpaired) electrons. The zero-order valence-electron chi connectivity index (χ0n) is 12.5. The average molecular weight is 290 g/mol. The lowest BCUT2D eigenvalue weighted by Crippen LogP contribution is -2.12. The van der Waals surface area contributed by atoms with Gasteiger partial charge >= 0.3 is 0 Å². The Morgan fingerprint density at radius 1 is 1.29 bits per heavy atom. The minimum atomic E-state index is 0.120. The first kappa shape index (κ1) is 15.5. The van der Waals surface area contributed by atoms with Crippen LogP contribution < -0.4 is 10.5 Å². The Balaban J connectivity index is 2.17. The first-order chi connectivity index (χ1) is 10.2. The number of aliphatic hydroxyl groups excluding tert-OH is 1. The third-order valence-electron chi connectivity index (χ3n) is 3.40. The molecule has 114 valence electrons. The summed E-state index contributed by atoms with van der Waals surface area (Å²) in [5, 5.41) is 17.1. The van der Waals surface area contributed by atoms with Crippen LogP contribution in [0, 0.1) is 13.8 Å². The van der Waals surface area contributed by atoms with E-state index >= 15 is 0 Å². The van der Waals surface area contributed by atoms with Crippen LogP contribution in [0.2, 0.25) is 0 Å². The molecule has 6 heteroatoms. The fraction of sp³-hybridized carbons (Fsp3) is 0.467. The van der Waals surface area contributed by atoms with Gasteiger partial charge in [0.15, 0.2) is 0 Å². The number of ether oxygens (including phenoxy) is 1. The zero-order chi connectivity index (χ0) is 15.2. The van der Waals surface area contributed by atoms with E-state index in [0.717, 1.165) is 28.3 Å². The van der Waals surface area contributed by atoms with E-state index in [1.165, 1.54) is 0 Å². The second-order valence-electron chi connectivity index (χ2n) is 5.00. The number of aliphatic hydroxyl groups is 1. The van der Waals surface area contributed by atoms with Gasteiger partial charge < -0.3 is 15.6 Å². The number of aryl methyl sites for hydroxylation is 3. The standard InChI is InChI=1S/C15H22N4O2/c1-11-5-3-6-12(2)15(11)21-10-14-13(9-16)17-18-19(14)7-4-8-20/h3,5-6,20H,4,7-10,16H2,1-2H3. The molecule has 1 aromatic heterocycles. The van der Waals surface area contributed by atoms with Crippen LogP contribution in [-0.4, -0.2) is 26.7 Å². The van der Waals surface area contributed by atoms with Gasteiger partial charge in [0.25, 0.3) is 0 Å². The number of nitrogens with zero attached hydrogens (tertiary/aromatic N) is 3. The molecule has 2 aromatic rings. The second kappa shape index (κ2) is 7.19. The Kier molecular flexibility index (Phi) is 5.30. The Bertz CT molecular complexity index is 575. The van der Waals surface area contributed by atoms with Crippen LogP contribution in [-0.2, 0) is 19.7 Å². The topological polar surface area (TPSA) is 86.2 Å². The highest BCUT2D eigenvalue weighted by atomic mass is 16.5. The summed E-state index contributed by atoms with van der Waals surface area (Å²) in [6.45, 7) is 5.46. The minimum absolute atomic E-state index is 0.120. The van der Waals surface area contributed by atoms with Crippen LogP contribution in [0.15, 0.2) is 18.2 Å². The number of hydrogen-bond acceptors (Lipinski definition) is 5. The molecule has 0 aliphatic rings. The molecular formula is C15H22N4O2. The number of hydrogen-bond donors (Lipinski definition) is 2. The van der Waals surface area contributed by atoms with Crippen molar-refractivity contribution in [1.82, 2.24) is 15.0 Å². The Labute approximate surface area is 124 Å². The molecule has 21 heavy (non-hydrogen) atoms. The molecule has 0 atom stereocenters. The molecule has 0 fully saturated rings. The van der Waals surface area contributed by atoms with E-state index in [9.17, 15) is 0 Å². The lowest BCUT2D eigenvalue weighted by molar-refractivity contribution is 0.264. The normalized spacial score (nSPS) is 10.9. The van der Waals surface area contributed by atoms with Gasteiger partial charge in [0, 0.05) is 19.7 Å². The molecule has 0 saturated carbocycles. The van der Waals surface area contributed by atoms with Gasteiger partial charge in [-0.05, 0) is 31.4 Å². The van der Waals surface area contributed by atoms with Crippen LogP contribution >= 0.6 is 0 Å². The first-order valence-electron chi connectivity index (χ1n) is 7.08. The van der Waals surface area contributed by atoms with Crippen molar-refractivity contribution in [2.24, 2.45) is 5.73 Å². The third-order valence-corrected chi connectivity index (χ3v) is 3.40. The monoisotopic (exact) mass is 290 g/mol. The molecule has 0 bridgehead atoms. The Morgan fingerprint density at radius 2 is 2.00 bits per heavy atom. The van der Waals surface area contributed by atoms with Gasteiger partial charge in [-0.1, -0.05) is 23.4 Å². The highest BCUT2D eigenvalue weighted by Crippen LogP contribution is 2.23. The summed E-state index contributed by atoms with van der Waals surface area (Å²) in [6, 6.07) is 6.05. The van der Waals surface area contributed by atoms with E-state index in [-0.39, 0.29) is 6.61 Å². The van der Waals surface area contributed by atoms with Crippen LogP contribution in [0.4, 0.5) is 0 Å². The van der Waals surface area contributed by atoms with Gasteiger partial charge in [0.05, 0.1) is 0 Å². The number of para-hydroxylation sites is 1. The number of rotatable bonds is 7. The van der Waals surface area contributed by atoms with Crippen molar-refractivity contribution in [3.63, 3.8) is 0 Å². The maximum Gasteiger partial charge on any atom is 0.132 e. The quantitative estimate of drug-likeness (QED) is 0.803. The van der Waals surface area contributed by atoms with Crippen molar-refractivity contribution in [3.05, 3.63) is 40.7 Å². The van der Waals surface area contributed by atoms with Crippen LogP contribution in [0.25, 0.3) is 0 Å². The number of benzene rings is 1. The van der Waals surface area contributed by atoms with Crippen molar-refractivity contribution in [3.8, 4) is 5.75 Å². The predicted molar refractivity (Wildman–Crippen MR) is 79.9 cm³/mol. The van der Waals surface area contributed by atoms with E-state index in [0.29, 0.717) is 26.1 Å². The molecular weight excluding hydrogens is 268 g/mol. The van der Waals surface area contributed by atoms with Crippen molar-refractivity contribution < 1.29 is 9.84 Å². The molecule has 1 heterocycles. The number of nitrogens with two attached hydrogens (primary N) is 1. The summed E-state index contributed by atoms with van der Waals surface area (Å²) in [7, 11) is 0. The summed E-state index contributed by atoms with van der Waals surface area (Å²) in [6.07, 6.45) is 0.629. The molecule has 3 N–H and O–H groups in total. The zero-order valence-corrected chi connectivity index (χ0v) is 12.5. The molecule has 0 aliphatic carbocycles. The summed E-state index contributed by atoms with van der Waals surface area (Å²) in [5.74, 6) is 0.885. The summed E-state index contributed by atoms with van der Waals surface area (Å²) in [5.41, 5.74) is 9.50. The smallest absolute Gasteiger partial charge is 0.132 e. The van der Waals surface area contributed by atoms with Gasteiger partial charge in [0.1, 0.15) is 23.7 Å². The lowest BCUT2D eigenvalue weighted by Gasteiger charge is -2.13. The summed E-state index contributed by atoms with van der Waals surface area (Å²) in [4.78, 5) is 0. The highest BCUT2D eigenvalue weighted by molar-refractivity contribution is 5.39. The van der Waals surface area contributed by atoms with Crippen molar-refractivity contribution in [2.45, 2.75) is 40.0 Å². The largest absolute Gasteiger partial charge is 0.487 e. The van der Waals surface area contributed by atoms with Crippen molar-refractivity contribution in [1.29, 1.82) is 0 Å². The molecule has 2 rings (SSSR count). The Hall–Kier alpha value is -1.92. The second-order valence-corrected chi connectivity index (χ2v) is 5.00. The third kappa shape index (κ3) is 3.59. The minimum Gasteiger partial charge on any atom is -0.487 e. The predicted octanol–water partition coefficient (Wildman–Crippen LogP) is 1.32. The summed E-state index contributed by atoms with van der Waals surface area (Å²) >= 11 is 0. The summed E-state index contributed by atoms with van der Waals surface area (Å²) < 4.78 is 7.71. The molecule has 6 nitrogen and oxygen atoms in total. The number of aromatic nitrogens is 3. The molecule has 1 aromatic carbocycles. The molecule has 0 spiro atoms. The van der Waals surface area contributed by atoms with E-state index in [4.69, 9.17) is 15.6 Å². The lowest BCUT2D eigenvalue weighted by atomic mass is 10.1. The average Bonchev–Trinajstić information content (AvgIpc) is 2.86. The van der Waals surface area contributed by atoms with Gasteiger partial charge in [-0.25, -0.2) is 4.68 Å². The first-order valence-corrected chi connectivity index (χ1v) is 7.08. The van der Waals surface area contributed by atoms with Gasteiger partial charge in [-0.15, -0.1) is 5.10 Å². The van der Waals surface area contributed by atoms with Gasteiger partial charge in [-0.3, -0.25) is 0 Å². The van der Waals surface area contributed by atoms with E-state index in [1.807, 2.05) is 32.0 Å². The fourth-order valence-corrected chi connectivity index (χ4v) is 2.25. The molecule has 0 unspecified atom stereocenters. The highest BCUT2D eigenvalue weighted by Gasteiger charge is 2.13.